The lowest BCUT2D eigenvalue weighted by molar-refractivity contribution is 0.154. The molecule has 1 heterocycles. The molecular formula is C6H12ClNO. The van der Waals surface area contributed by atoms with Crippen molar-refractivity contribution in [3.8, 4) is 0 Å². The molecule has 0 aliphatic carbocycles. The van der Waals surface area contributed by atoms with E-state index in [1.807, 2.05) is 0 Å². The monoisotopic (exact) mass is 149 g/mol. The molecule has 2 N–H and O–H groups in total. The average Bonchev–Trinajstić information content (AvgIpc) is 2.14. The fraction of sp³-hybridized carbons (Fsp3) is 1.00. The van der Waals surface area contributed by atoms with Crippen LogP contribution in [0.2, 0.25) is 0 Å². The van der Waals surface area contributed by atoms with Gasteiger partial charge in [-0.05, 0) is 19.8 Å². The van der Waals surface area contributed by atoms with Crippen LogP contribution >= 0.6 is 11.6 Å². The quantitative estimate of drug-likeness (QED) is 0.425. The molecule has 0 saturated carbocycles. The lowest BCUT2D eigenvalue weighted by Crippen LogP contribution is -2.34. The van der Waals surface area contributed by atoms with E-state index in [4.69, 9.17) is 16.7 Å². The molecule has 0 aromatic heterocycles. The van der Waals surface area contributed by atoms with Crippen molar-refractivity contribution in [1.82, 2.24) is 5.32 Å². The Morgan fingerprint density at radius 3 is 2.56 bits per heavy atom. The molecule has 0 aromatic carbocycles. The molecule has 0 radical (unpaired) electrons. The zero-order chi connectivity index (χ0) is 6.85. The Kier molecular flexibility index (Phi) is 2.33. The van der Waals surface area contributed by atoms with Crippen molar-refractivity contribution in [2.24, 2.45) is 0 Å². The molecule has 0 aromatic rings. The number of hydrogen-bond acceptors (Lipinski definition) is 2. The molecule has 1 aliphatic rings. The largest absolute Gasteiger partial charge is 0.392 e. The van der Waals surface area contributed by atoms with Gasteiger partial charge in [-0.3, -0.25) is 5.32 Å². The minimum absolute atomic E-state index is 0.0737. The van der Waals surface area contributed by atoms with Crippen LogP contribution in [-0.2, 0) is 0 Å². The molecule has 1 saturated heterocycles. The maximum absolute atomic E-state index is 9.05. The highest BCUT2D eigenvalue weighted by Crippen LogP contribution is 2.16. The smallest absolute Gasteiger partial charge is 0.0829 e. The molecule has 2 nitrogen and oxygen atoms in total. The molecule has 3 atom stereocenters. The summed E-state index contributed by atoms with van der Waals surface area (Å²) < 4.78 is 0. The highest BCUT2D eigenvalue weighted by molar-refractivity contribution is 6.20. The maximum Gasteiger partial charge on any atom is 0.0829 e. The summed E-state index contributed by atoms with van der Waals surface area (Å²) in [6.07, 6.45) is 1.69. The average molecular weight is 150 g/mol. The molecule has 3 unspecified atom stereocenters. The summed E-state index contributed by atoms with van der Waals surface area (Å²) in [5.74, 6) is 0. The van der Waals surface area contributed by atoms with E-state index in [-0.39, 0.29) is 17.6 Å². The predicted octanol–water partition coefficient (Wildman–Crippen LogP) is 0.684. The van der Waals surface area contributed by atoms with Gasteiger partial charge in [-0.25, -0.2) is 0 Å². The molecule has 0 bridgehead atoms. The zero-order valence-corrected chi connectivity index (χ0v) is 6.23. The molecular weight excluding hydrogens is 138 g/mol. The first-order valence-corrected chi connectivity index (χ1v) is 3.72. The SMILES string of the molecule is CC(O)C1CCC(Cl)N1. The van der Waals surface area contributed by atoms with Gasteiger partial charge < -0.3 is 5.11 Å². The van der Waals surface area contributed by atoms with E-state index in [9.17, 15) is 0 Å². The van der Waals surface area contributed by atoms with Crippen molar-refractivity contribution in [3.63, 3.8) is 0 Å². The van der Waals surface area contributed by atoms with Gasteiger partial charge in [0, 0.05) is 6.04 Å². The Bertz CT molecular complexity index is 97.1. The Morgan fingerprint density at radius 2 is 2.33 bits per heavy atom. The normalized spacial score (nSPS) is 39.0. The van der Waals surface area contributed by atoms with Crippen LogP contribution in [0.25, 0.3) is 0 Å². The number of aliphatic hydroxyl groups excluding tert-OH is 1. The van der Waals surface area contributed by atoms with Gasteiger partial charge in [-0.1, -0.05) is 0 Å². The lowest BCUT2D eigenvalue weighted by Gasteiger charge is -2.12. The van der Waals surface area contributed by atoms with Crippen LogP contribution in [-0.4, -0.2) is 22.8 Å². The third-order valence-electron chi connectivity index (χ3n) is 1.71. The van der Waals surface area contributed by atoms with Gasteiger partial charge >= 0.3 is 0 Å². The van der Waals surface area contributed by atoms with Crippen molar-refractivity contribution >= 4 is 11.6 Å². The second kappa shape index (κ2) is 2.86. The zero-order valence-electron chi connectivity index (χ0n) is 5.47. The van der Waals surface area contributed by atoms with Crippen molar-refractivity contribution in [2.75, 3.05) is 0 Å². The molecule has 1 fully saturated rings. The summed E-state index contributed by atoms with van der Waals surface area (Å²) in [7, 11) is 0. The van der Waals surface area contributed by atoms with E-state index in [0.717, 1.165) is 12.8 Å². The summed E-state index contributed by atoms with van der Waals surface area (Å²) in [6, 6.07) is 0.215. The minimum atomic E-state index is -0.270. The van der Waals surface area contributed by atoms with Crippen LogP contribution in [0, 0.1) is 0 Å². The van der Waals surface area contributed by atoms with E-state index in [1.54, 1.807) is 6.92 Å². The Morgan fingerprint density at radius 1 is 1.67 bits per heavy atom. The Balaban J connectivity index is 2.30. The number of hydrogen-bond donors (Lipinski definition) is 2. The summed E-state index contributed by atoms with van der Waals surface area (Å²) in [5.41, 5.74) is 0.0737. The maximum atomic E-state index is 9.05. The molecule has 0 amide bonds. The van der Waals surface area contributed by atoms with Crippen LogP contribution < -0.4 is 5.32 Å². The lowest BCUT2D eigenvalue weighted by atomic mass is 10.1. The van der Waals surface area contributed by atoms with Crippen LogP contribution in [0.15, 0.2) is 0 Å². The summed E-state index contributed by atoms with van der Waals surface area (Å²) in [6.45, 7) is 1.78. The van der Waals surface area contributed by atoms with Gasteiger partial charge in [0.25, 0.3) is 0 Å². The molecule has 1 aliphatic heterocycles. The highest BCUT2D eigenvalue weighted by Gasteiger charge is 2.24. The third-order valence-corrected chi connectivity index (χ3v) is 2.05. The van der Waals surface area contributed by atoms with Gasteiger partial charge in [-0.15, -0.1) is 11.6 Å². The van der Waals surface area contributed by atoms with Gasteiger partial charge in [0.05, 0.1) is 11.6 Å². The van der Waals surface area contributed by atoms with Crippen molar-refractivity contribution in [3.05, 3.63) is 0 Å². The molecule has 1 rings (SSSR count). The number of aliphatic hydroxyl groups is 1. The molecule has 9 heavy (non-hydrogen) atoms. The predicted molar refractivity (Wildman–Crippen MR) is 37.5 cm³/mol. The number of halogens is 1. The number of nitrogens with one attached hydrogen (secondary N) is 1. The van der Waals surface area contributed by atoms with Crippen LogP contribution in [0.1, 0.15) is 19.8 Å². The molecule has 54 valence electrons. The standard InChI is InChI=1S/C6H12ClNO/c1-4(9)5-2-3-6(7)8-5/h4-6,8-9H,2-3H2,1H3. The fourth-order valence-electron chi connectivity index (χ4n) is 1.11. The van der Waals surface area contributed by atoms with Crippen LogP contribution in [0.3, 0.4) is 0 Å². The fourth-order valence-corrected chi connectivity index (χ4v) is 1.39. The van der Waals surface area contributed by atoms with E-state index < -0.39 is 0 Å². The van der Waals surface area contributed by atoms with Crippen LogP contribution in [0.4, 0.5) is 0 Å². The van der Waals surface area contributed by atoms with Crippen molar-refractivity contribution in [1.29, 1.82) is 0 Å². The molecule has 0 spiro atoms. The molecule has 3 heteroatoms. The minimum Gasteiger partial charge on any atom is -0.392 e. The van der Waals surface area contributed by atoms with Crippen molar-refractivity contribution in [2.45, 2.75) is 37.4 Å². The summed E-state index contributed by atoms with van der Waals surface area (Å²) in [4.78, 5) is 0. The van der Waals surface area contributed by atoms with Crippen LogP contribution in [0.5, 0.6) is 0 Å². The third kappa shape index (κ3) is 1.81. The first kappa shape index (κ1) is 7.32. The van der Waals surface area contributed by atoms with Gasteiger partial charge in [0.2, 0.25) is 0 Å². The summed E-state index contributed by atoms with van der Waals surface area (Å²) in [5, 5.41) is 12.1. The first-order chi connectivity index (χ1) is 4.20. The highest BCUT2D eigenvalue weighted by atomic mass is 35.5. The topological polar surface area (TPSA) is 32.3 Å². The summed E-state index contributed by atoms with van der Waals surface area (Å²) >= 11 is 5.73. The Labute approximate surface area is 60.2 Å². The number of alkyl halides is 1. The number of rotatable bonds is 1. The second-order valence-corrected chi connectivity index (χ2v) is 3.09. The van der Waals surface area contributed by atoms with E-state index in [2.05, 4.69) is 5.32 Å². The van der Waals surface area contributed by atoms with E-state index >= 15 is 0 Å². The van der Waals surface area contributed by atoms with E-state index in [1.165, 1.54) is 0 Å². The van der Waals surface area contributed by atoms with Crippen molar-refractivity contribution < 1.29 is 5.11 Å². The Hall–Kier alpha value is 0.210. The van der Waals surface area contributed by atoms with Gasteiger partial charge in [0.15, 0.2) is 0 Å². The van der Waals surface area contributed by atoms with Gasteiger partial charge in [-0.2, -0.15) is 0 Å². The van der Waals surface area contributed by atoms with E-state index in [0.29, 0.717) is 0 Å². The second-order valence-electron chi connectivity index (χ2n) is 2.56. The first-order valence-electron chi connectivity index (χ1n) is 3.28. The van der Waals surface area contributed by atoms with Gasteiger partial charge in [0.1, 0.15) is 0 Å².